The minimum atomic E-state index is -2.94. The molecule has 3 saturated carbocycles. The first-order chi connectivity index (χ1) is 13.9. The topological polar surface area (TPSA) is 65.0 Å². The molecular formula is C22H23F2NO4. The Balaban J connectivity index is 1.41. The summed E-state index contributed by atoms with van der Waals surface area (Å²) in [6, 6.07) is 4.75. The Morgan fingerprint density at radius 1 is 1.10 bits per heavy atom. The first-order valence-corrected chi connectivity index (χ1v) is 10.3. The lowest BCUT2D eigenvalue weighted by molar-refractivity contribution is -0.128. The van der Waals surface area contributed by atoms with Crippen molar-refractivity contribution in [2.24, 2.45) is 22.2 Å². The smallest absolute Gasteiger partial charge is 0.387 e. The summed E-state index contributed by atoms with van der Waals surface area (Å²) in [4.78, 5) is 28.4. The monoisotopic (exact) mass is 403 g/mol. The third-order valence-electron chi connectivity index (χ3n) is 7.06. The van der Waals surface area contributed by atoms with Crippen LogP contribution in [0.25, 0.3) is 0 Å². The molecule has 5 rings (SSSR count). The molecule has 4 unspecified atom stereocenters. The molecule has 4 aliphatic rings. The molecule has 154 valence electrons. The van der Waals surface area contributed by atoms with Crippen molar-refractivity contribution >= 4 is 17.4 Å². The zero-order valence-corrected chi connectivity index (χ0v) is 16.0. The van der Waals surface area contributed by atoms with Gasteiger partial charge in [0.25, 0.3) is 5.91 Å². The van der Waals surface area contributed by atoms with Crippen LogP contribution >= 0.6 is 0 Å². The first kappa shape index (κ1) is 18.7. The third-order valence-corrected chi connectivity index (χ3v) is 7.06. The molecule has 2 bridgehead atoms. The number of ketones is 1. The van der Waals surface area contributed by atoms with Gasteiger partial charge in [0.05, 0.1) is 11.1 Å². The van der Waals surface area contributed by atoms with E-state index >= 15 is 0 Å². The van der Waals surface area contributed by atoms with Gasteiger partial charge in [0.1, 0.15) is 11.9 Å². The summed E-state index contributed by atoms with van der Waals surface area (Å²) in [5.74, 6) is 1.24. The molecule has 1 aliphatic heterocycles. The number of hydrogen-bond acceptors (Lipinski definition) is 4. The number of fused-ring (bicyclic) bond motifs is 2. The van der Waals surface area contributed by atoms with Gasteiger partial charge in [0, 0.05) is 24.8 Å². The highest BCUT2D eigenvalue weighted by Gasteiger charge is 2.49. The molecular weight excluding hydrogens is 380 g/mol. The fraction of sp³-hybridized carbons (Fsp3) is 0.591. The summed E-state index contributed by atoms with van der Waals surface area (Å²) in [5, 5.41) is 0. The number of nitrogens with zero attached hydrogens (tertiary/aromatic N) is 1. The predicted molar refractivity (Wildman–Crippen MR) is 100 cm³/mol. The fourth-order valence-electron chi connectivity index (χ4n) is 5.58. The second-order valence-corrected chi connectivity index (χ2v) is 8.91. The first-order valence-electron chi connectivity index (χ1n) is 10.3. The number of carbonyl (C=O) groups is 2. The van der Waals surface area contributed by atoms with Crippen molar-refractivity contribution in [3.8, 4) is 11.5 Å². The number of alkyl halides is 2. The van der Waals surface area contributed by atoms with E-state index in [1.807, 2.05) is 0 Å². The number of hydrogen-bond donors (Lipinski definition) is 0. The van der Waals surface area contributed by atoms with Crippen LogP contribution in [0, 0.1) is 17.3 Å². The molecule has 4 atom stereocenters. The van der Waals surface area contributed by atoms with Crippen LogP contribution in [0.2, 0.25) is 0 Å². The van der Waals surface area contributed by atoms with Gasteiger partial charge in [0.2, 0.25) is 0 Å². The highest BCUT2D eigenvalue weighted by Crippen LogP contribution is 2.48. The molecule has 0 radical (unpaired) electrons. The van der Waals surface area contributed by atoms with E-state index in [0.29, 0.717) is 42.4 Å². The molecule has 1 aromatic rings. The normalized spacial score (nSPS) is 33.2. The van der Waals surface area contributed by atoms with Gasteiger partial charge in [-0.3, -0.25) is 9.59 Å². The molecule has 1 aromatic carbocycles. The molecule has 1 spiro atoms. The maximum Gasteiger partial charge on any atom is 0.387 e. The molecule has 0 saturated heterocycles. The Hall–Kier alpha value is -2.31. The van der Waals surface area contributed by atoms with Crippen LogP contribution in [0.3, 0.4) is 0 Å². The van der Waals surface area contributed by atoms with Crippen LogP contribution in [0.15, 0.2) is 23.2 Å². The lowest BCUT2D eigenvalue weighted by Crippen LogP contribution is -2.24. The molecule has 3 aliphatic carbocycles. The minimum Gasteiger partial charge on any atom is -0.486 e. The van der Waals surface area contributed by atoms with Gasteiger partial charge in [-0.1, -0.05) is 0 Å². The number of halogens is 2. The van der Waals surface area contributed by atoms with E-state index in [9.17, 15) is 18.4 Å². The van der Waals surface area contributed by atoms with Gasteiger partial charge in [0.15, 0.2) is 11.5 Å². The summed E-state index contributed by atoms with van der Waals surface area (Å²) >= 11 is 0. The van der Waals surface area contributed by atoms with Crippen LogP contribution in [-0.2, 0) is 9.59 Å². The van der Waals surface area contributed by atoms with Gasteiger partial charge in [-0.2, -0.15) is 8.78 Å². The number of benzene rings is 1. The lowest BCUT2D eigenvalue weighted by atomic mass is 9.81. The Kier molecular flexibility index (Phi) is 4.44. The molecule has 0 N–H and O–H groups in total. The maximum absolute atomic E-state index is 12.9. The van der Waals surface area contributed by atoms with Crippen LogP contribution in [0.5, 0.6) is 11.5 Å². The molecule has 1 heterocycles. The third kappa shape index (κ3) is 3.34. The van der Waals surface area contributed by atoms with E-state index in [0.717, 1.165) is 19.3 Å². The average Bonchev–Trinajstić information content (AvgIpc) is 3.43. The molecule has 29 heavy (non-hydrogen) atoms. The van der Waals surface area contributed by atoms with Crippen molar-refractivity contribution in [1.82, 2.24) is 0 Å². The molecule has 1 amide bonds. The zero-order chi connectivity index (χ0) is 20.2. The number of amides is 1. The highest BCUT2D eigenvalue weighted by atomic mass is 19.3. The highest BCUT2D eigenvalue weighted by molar-refractivity contribution is 6.15. The van der Waals surface area contributed by atoms with Gasteiger partial charge in [-0.15, -0.1) is 0 Å². The molecule has 5 nitrogen and oxygen atoms in total. The molecule has 3 fully saturated rings. The van der Waals surface area contributed by atoms with Gasteiger partial charge >= 0.3 is 6.61 Å². The Morgan fingerprint density at radius 2 is 1.97 bits per heavy atom. The Labute approximate surface area is 167 Å². The second-order valence-electron chi connectivity index (χ2n) is 8.91. The van der Waals surface area contributed by atoms with E-state index in [1.165, 1.54) is 12.5 Å². The van der Waals surface area contributed by atoms with E-state index < -0.39 is 12.0 Å². The summed E-state index contributed by atoms with van der Waals surface area (Å²) in [7, 11) is 0. The van der Waals surface area contributed by atoms with Crippen LogP contribution in [0.1, 0.15) is 56.9 Å². The van der Waals surface area contributed by atoms with Crippen molar-refractivity contribution < 1.29 is 27.8 Å². The minimum absolute atomic E-state index is 0.00204. The maximum atomic E-state index is 12.9. The SMILES string of the molecule is O=C1CCC2(C1)CC(c1ccc(OC(F)F)c(OC3CC4CCC3C4)c1)=NC2=O. The summed E-state index contributed by atoms with van der Waals surface area (Å²) in [6.07, 6.45) is 5.98. The number of ether oxygens (including phenoxy) is 2. The molecule has 7 heteroatoms. The summed E-state index contributed by atoms with van der Waals surface area (Å²) in [5.41, 5.74) is 0.538. The zero-order valence-electron chi connectivity index (χ0n) is 16.0. The number of Topliss-reactive ketones (excluding diaryl/α,β-unsaturated/α-hetero) is 1. The van der Waals surface area contributed by atoms with Crippen molar-refractivity contribution in [2.75, 3.05) is 0 Å². The Bertz CT molecular complexity index is 899. The van der Waals surface area contributed by atoms with Crippen molar-refractivity contribution in [3.05, 3.63) is 23.8 Å². The van der Waals surface area contributed by atoms with E-state index in [4.69, 9.17) is 4.74 Å². The largest absolute Gasteiger partial charge is 0.486 e. The van der Waals surface area contributed by atoms with Gasteiger partial charge < -0.3 is 9.47 Å². The van der Waals surface area contributed by atoms with E-state index in [2.05, 4.69) is 9.73 Å². The van der Waals surface area contributed by atoms with Gasteiger partial charge in [-0.25, -0.2) is 4.99 Å². The molecule has 0 aromatic heterocycles. The van der Waals surface area contributed by atoms with E-state index in [-0.39, 0.29) is 35.7 Å². The summed E-state index contributed by atoms with van der Waals surface area (Å²) < 4.78 is 36.6. The quantitative estimate of drug-likeness (QED) is 0.735. The van der Waals surface area contributed by atoms with Crippen molar-refractivity contribution in [1.29, 1.82) is 0 Å². The number of rotatable bonds is 5. The predicted octanol–water partition coefficient (Wildman–Crippen LogP) is 4.31. The Morgan fingerprint density at radius 3 is 2.62 bits per heavy atom. The number of aliphatic imine (C=N–C) groups is 1. The summed E-state index contributed by atoms with van der Waals surface area (Å²) in [6.45, 7) is -2.94. The standard InChI is InChI=1S/C22H23F2NO4/c23-21(24)29-17-4-3-13(9-19(17)28-18-8-12-1-2-14(18)7-12)16-11-22(20(27)25-16)6-5-15(26)10-22/h3-4,9,12,14,18,21H,1-2,5-8,10-11H2. The fourth-order valence-corrected chi connectivity index (χ4v) is 5.58. The van der Waals surface area contributed by atoms with Crippen LogP contribution in [0.4, 0.5) is 8.78 Å². The van der Waals surface area contributed by atoms with Crippen LogP contribution < -0.4 is 9.47 Å². The average molecular weight is 403 g/mol. The number of carbonyl (C=O) groups excluding carboxylic acids is 2. The van der Waals surface area contributed by atoms with Crippen LogP contribution in [-0.4, -0.2) is 30.1 Å². The second kappa shape index (κ2) is 6.89. The lowest BCUT2D eigenvalue weighted by Gasteiger charge is -2.24. The van der Waals surface area contributed by atoms with E-state index in [1.54, 1.807) is 12.1 Å². The van der Waals surface area contributed by atoms with Crippen molar-refractivity contribution in [2.45, 2.75) is 64.1 Å². The van der Waals surface area contributed by atoms with Gasteiger partial charge in [-0.05, 0) is 62.1 Å². The van der Waals surface area contributed by atoms with Crippen molar-refractivity contribution in [3.63, 3.8) is 0 Å².